The molecule has 0 radical (unpaired) electrons. The number of thioether (sulfide) groups is 1. The summed E-state index contributed by atoms with van der Waals surface area (Å²) in [5.74, 6) is 0.139. The summed E-state index contributed by atoms with van der Waals surface area (Å²) in [6, 6.07) is 8.31. The Bertz CT molecular complexity index is 749. The van der Waals surface area contributed by atoms with Crippen molar-refractivity contribution in [1.29, 1.82) is 0 Å². The molecule has 1 unspecified atom stereocenters. The van der Waals surface area contributed by atoms with Gasteiger partial charge in [0.05, 0.1) is 5.37 Å². The fraction of sp³-hybridized carbons (Fsp3) is 0.476. The smallest absolute Gasteiger partial charge is 0.247 e. The van der Waals surface area contributed by atoms with Crippen molar-refractivity contribution in [3.63, 3.8) is 0 Å². The van der Waals surface area contributed by atoms with Gasteiger partial charge in [-0.05, 0) is 57.1 Å². The molecule has 5 heteroatoms. The molecule has 1 atom stereocenters. The Hall–Kier alpha value is -1.72. The average Bonchev–Trinajstić information content (AvgIpc) is 2.98. The van der Waals surface area contributed by atoms with Crippen LogP contribution in [-0.2, 0) is 11.2 Å². The summed E-state index contributed by atoms with van der Waals surface area (Å²) in [5.41, 5.74) is 3.58. The molecule has 1 spiro atoms. The van der Waals surface area contributed by atoms with Crippen LogP contribution < -0.4 is 5.32 Å². The molecule has 4 rings (SSSR count). The molecule has 2 saturated heterocycles. The first kappa shape index (κ1) is 17.7. The topological polar surface area (TPSA) is 35.6 Å². The number of nitrogens with zero attached hydrogens (tertiary/aromatic N) is 2. The highest BCUT2D eigenvalue weighted by molar-refractivity contribution is 8.01. The number of likely N-dealkylation sites (tertiary alicyclic amines) is 1. The van der Waals surface area contributed by atoms with E-state index < -0.39 is 0 Å². The van der Waals surface area contributed by atoms with Crippen molar-refractivity contribution >= 4 is 23.4 Å². The van der Waals surface area contributed by atoms with Crippen molar-refractivity contribution in [2.45, 2.75) is 36.3 Å². The van der Waals surface area contributed by atoms with Crippen LogP contribution in [0.15, 0.2) is 48.2 Å². The second kappa shape index (κ2) is 7.12. The van der Waals surface area contributed by atoms with Gasteiger partial charge in [-0.3, -0.25) is 4.79 Å². The number of fused-ring (bicyclic) bond motifs is 1. The summed E-state index contributed by atoms with van der Waals surface area (Å²) in [6.45, 7) is 5.32. The van der Waals surface area contributed by atoms with Gasteiger partial charge < -0.3 is 15.1 Å². The summed E-state index contributed by atoms with van der Waals surface area (Å²) in [5, 5.41) is 3.58. The van der Waals surface area contributed by atoms with Crippen LogP contribution in [0.4, 0.5) is 5.69 Å². The first-order chi connectivity index (χ1) is 12.5. The standard InChI is InChI=1S/C21H27N3OS/c1-16-24(15-21(26-16)9-11-23(2)12-10-21)20(25)8-7-17-13-18-5-3-4-6-19(18)22-14-17/h3-8,14,16,22H,9-13,15H2,1-2H3/b8-7+. The Balaban J connectivity index is 1.39. The SMILES string of the molecule is CC1SC2(CCN(C)CC2)CN1C(=O)/C=C/C1=CNc2ccccc2C1. The van der Waals surface area contributed by atoms with Crippen molar-refractivity contribution in [2.24, 2.45) is 0 Å². The first-order valence-electron chi connectivity index (χ1n) is 9.43. The molecule has 3 aliphatic rings. The molecule has 0 aliphatic carbocycles. The molecule has 0 bridgehead atoms. The van der Waals surface area contributed by atoms with Crippen molar-refractivity contribution in [3.05, 3.63) is 53.8 Å². The number of benzene rings is 1. The number of anilines is 1. The third kappa shape index (κ3) is 3.55. The van der Waals surface area contributed by atoms with Gasteiger partial charge in [-0.2, -0.15) is 0 Å². The van der Waals surface area contributed by atoms with Crippen LogP contribution in [0.1, 0.15) is 25.3 Å². The molecule has 0 saturated carbocycles. The molecular weight excluding hydrogens is 342 g/mol. The molecule has 26 heavy (non-hydrogen) atoms. The lowest BCUT2D eigenvalue weighted by Gasteiger charge is -2.36. The molecular formula is C21H27N3OS. The number of allylic oxidation sites excluding steroid dienone is 2. The van der Waals surface area contributed by atoms with E-state index in [2.05, 4.69) is 47.3 Å². The minimum Gasteiger partial charge on any atom is -0.361 e. The third-order valence-corrected chi connectivity index (χ3v) is 7.40. The van der Waals surface area contributed by atoms with Gasteiger partial charge in [-0.1, -0.05) is 24.3 Å². The molecule has 1 amide bonds. The first-order valence-corrected chi connectivity index (χ1v) is 10.3. The van der Waals surface area contributed by atoms with E-state index in [0.717, 1.165) is 37.3 Å². The lowest BCUT2D eigenvalue weighted by Crippen LogP contribution is -2.44. The number of hydrogen-bond donors (Lipinski definition) is 1. The molecule has 2 fully saturated rings. The Labute approximate surface area is 160 Å². The fourth-order valence-corrected chi connectivity index (χ4v) is 5.76. The monoisotopic (exact) mass is 369 g/mol. The number of nitrogens with one attached hydrogen (secondary N) is 1. The van der Waals surface area contributed by atoms with Gasteiger partial charge in [0.25, 0.3) is 0 Å². The lowest BCUT2D eigenvalue weighted by atomic mass is 9.95. The van der Waals surface area contributed by atoms with Gasteiger partial charge in [0.1, 0.15) is 0 Å². The Morgan fingerprint density at radius 2 is 2.08 bits per heavy atom. The Morgan fingerprint density at radius 3 is 2.88 bits per heavy atom. The zero-order valence-corrected chi connectivity index (χ0v) is 16.4. The molecule has 138 valence electrons. The van der Waals surface area contributed by atoms with Gasteiger partial charge in [-0.15, -0.1) is 11.8 Å². The van der Waals surface area contributed by atoms with E-state index in [9.17, 15) is 4.79 Å². The van der Waals surface area contributed by atoms with E-state index in [1.54, 1.807) is 6.08 Å². The second-order valence-electron chi connectivity index (χ2n) is 7.70. The second-order valence-corrected chi connectivity index (χ2v) is 9.48. The van der Waals surface area contributed by atoms with Crippen LogP contribution in [0.25, 0.3) is 0 Å². The summed E-state index contributed by atoms with van der Waals surface area (Å²) in [7, 11) is 2.19. The molecule has 1 N–H and O–H groups in total. The van der Waals surface area contributed by atoms with E-state index in [1.165, 1.54) is 18.4 Å². The number of carbonyl (C=O) groups is 1. The number of carbonyl (C=O) groups excluding carboxylic acids is 1. The molecule has 0 aromatic heterocycles. The van der Waals surface area contributed by atoms with E-state index in [1.807, 2.05) is 30.1 Å². The van der Waals surface area contributed by atoms with Gasteiger partial charge >= 0.3 is 0 Å². The largest absolute Gasteiger partial charge is 0.361 e. The van der Waals surface area contributed by atoms with Crippen LogP contribution in [-0.4, -0.2) is 52.5 Å². The number of para-hydroxylation sites is 1. The van der Waals surface area contributed by atoms with Crippen molar-refractivity contribution in [1.82, 2.24) is 9.80 Å². The maximum atomic E-state index is 12.8. The van der Waals surface area contributed by atoms with Gasteiger partial charge in [0, 0.05) is 35.7 Å². The average molecular weight is 370 g/mol. The molecule has 1 aromatic carbocycles. The quantitative estimate of drug-likeness (QED) is 0.810. The van der Waals surface area contributed by atoms with Gasteiger partial charge in [-0.25, -0.2) is 0 Å². The number of hydrogen-bond acceptors (Lipinski definition) is 4. The predicted molar refractivity (Wildman–Crippen MR) is 109 cm³/mol. The summed E-state index contributed by atoms with van der Waals surface area (Å²) < 4.78 is 0.264. The highest BCUT2D eigenvalue weighted by atomic mass is 32.2. The zero-order chi connectivity index (χ0) is 18.1. The van der Waals surface area contributed by atoms with Gasteiger partial charge in [0.15, 0.2) is 0 Å². The predicted octanol–water partition coefficient (Wildman–Crippen LogP) is 3.48. The summed E-state index contributed by atoms with van der Waals surface area (Å²) >= 11 is 2.00. The fourth-order valence-electron chi connectivity index (χ4n) is 4.10. The van der Waals surface area contributed by atoms with E-state index in [4.69, 9.17) is 0 Å². The summed E-state index contributed by atoms with van der Waals surface area (Å²) in [4.78, 5) is 17.2. The maximum absolute atomic E-state index is 12.8. The number of amides is 1. The van der Waals surface area contributed by atoms with Crippen LogP contribution in [0.3, 0.4) is 0 Å². The minimum atomic E-state index is 0.139. The molecule has 3 heterocycles. The third-order valence-electron chi connectivity index (χ3n) is 5.76. The van der Waals surface area contributed by atoms with Crippen LogP contribution in [0, 0.1) is 0 Å². The highest BCUT2D eigenvalue weighted by Gasteiger charge is 2.45. The van der Waals surface area contributed by atoms with Crippen LogP contribution >= 0.6 is 11.8 Å². The Morgan fingerprint density at radius 1 is 1.31 bits per heavy atom. The maximum Gasteiger partial charge on any atom is 0.247 e. The normalized spacial score (nSPS) is 25.2. The number of piperidine rings is 1. The van der Waals surface area contributed by atoms with E-state index in [-0.39, 0.29) is 16.0 Å². The zero-order valence-electron chi connectivity index (χ0n) is 15.6. The van der Waals surface area contributed by atoms with E-state index in [0.29, 0.717) is 0 Å². The van der Waals surface area contributed by atoms with Gasteiger partial charge in [0.2, 0.25) is 5.91 Å². The van der Waals surface area contributed by atoms with Crippen LogP contribution in [0.2, 0.25) is 0 Å². The van der Waals surface area contributed by atoms with Crippen LogP contribution in [0.5, 0.6) is 0 Å². The summed E-state index contributed by atoms with van der Waals surface area (Å²) in [6.07, 6.45) is 8.96. The van der Waals surface area contributed by atoms with Crippen molar-refractivity contribution < 1.29 is 4.79 Å². The highest BCUT2D eigenvalue weighted by Crippen LogP contribution is 2.46. The molecule has 4 nitrogen and oxygen atoms in total. The number of rotatable bonds is 2. The Kier molecular flexibility index (Phi) is 4.84. The van der Waals surface area contributed by atoms with Crippen molar-refractivity contribution in [2.75, 3.05) is 32.0 Å². The van der Waals surface area contributed by atoms with E-state index >= 15 is 0 Å². The molecule has 1 aromatic rings. The molecule has 3 aliphatic heterocycles. The van der Waals surface area contributed by atoms with Crippen molar-refractivity contribution in [3.8, 4) is 0 Å². The lowest BCUT2D eigenvalue weighted by molar-refractivity contribution is -0.126. The minimum absolute atomic E-state index is 0.139.